The molecule has 14 heavy (non-hydrogen) atoms. The van der Waals surface area contributed by atoms with Crippen LogP contribution in [0, 0.1) is 17.0 Å². The van der Waals surface area contributed by atoms with Crippen molar-refractivity contribution in [1.29, 1.82) is 0 Å². The van der Waals surface area contributed by atoms with Crippen molar-refractivity contribution in [3.8, 4) is 0 Å². The van der Waals surface area contributed by atoms with E-state index in [2.05, 4.69) is 0 Å². The number of nitrogens with zero attached hydrogens (tertiary/aromatic N) is 1. The van der Waals surface area contributed by atoms with E-state index in [1.807, 2.05) is 31.2 Å². The topological polar surface area (TPSA) is 43.1 Å². The van der Waals surface area contributed by atoms with Crippen LogP contribution in [0.3, 0.4) is 0 Å². The molecule has 4 heteroatoms. The largest absolute Gasteiger partial charge is 0.264 e. The molecule has 1 unspecified atom stereocenters. The van der Waals surface area contributed by atoms with Crippen molar-refractivity contribution in [2.45, 2.75) is 24.8 Å². The summed E-state index contributed by atoms with van der Waals surface area (Å²) in [4.78, 5) is 11.3. The molecule has 3 nitrogen and oxygen atoms in total. The van der Waals surface area contributed by atoms with Crippen LogP contribution in [0.25, 0.3) is 0 Å². The number of rotatable bonds is 4. The van der Waals surface area contributed by atoms with E-state index in [9.17, 15) is 10.1 Å². The van der Waals surface area contributed by atoms with Crippen LogP contribution in [-0.4, -0.2) is 16.7 Å². The minimum absolute atomic E-state index is 0.245. The summed E-state index contributed by atoms with van der Waals surface area (Å²) in [5.41, 5.74) is 1.17. The van der Waals surface area contributed by atoms with Crippen LogP contribution in [0.4, 0.5) is 0 Å². The van der Waals surface area contributed by atoms with Crippen molar-refractivity contribution < 1.29 is 4.92 Å². The fourth-order valence-electron chi connectivity index (χ4n) is 0.990. The molecule has 0 fully saturated rings. The van der Waals surface area contributed by atoms with E-state index in [0.717, 1.165) is 4.90 Å². The third-order valence-electron chi connectivity index (χ3n) is 1.93. The maximum Gasteiger partial charge on any atom is 0.219 e. The molecule has 0 bridgehead atoms. The summed E-state index contributed by atoms with van der Waals surface area (Å²) in [7, 11) is 0. The Morgan fingerprint density at radius 2 is 2.14 bits per heavy atom. The van der Waals surface area contributed by atoms with Crippen molar-refractivity contribution in [3.63, 3.8) is 0 Å². The van der Waals surface area contributed by atoms with Gasteiger partial charge in [-0.2, -0.15) is 0 Å². The molecule has 0 radical (unpaired) electrons. The Bertz CT molecular complexity index is 328. The predicted octanol–water partition coefficient (Wildman–Crippen LogP) is 2.75. The van der Waals surface area contributed by atoms with Gasteiger partial charge in [0.2, 0.25) is 6.04 Å². The van der Waals surface area contributed by atoms with Gasteiger partial charge in [0, 0.05) is 16.7 Å². The van der Waals surface area contributed by atoms with E-state index in [1.165, 1.54) is 5.56 Å². The van der Waals surface area contributed by atoms with Crippen LogP contribution in [0.2, 0.25) is 0 Å². The summed E-state index contributed by atoms with van der Waals surface area (Å²) in [5, 5.41) is 10.4. The van der Waals surface area contributed by atoms with Crippen molar-refractivity contribution in [2.24, 2.45) is 0 Å². The number of benzene rings is 1. The van der Waals surface area contributed by atoms with Crippen molar-refractivity contribution in [1.82, 2.24) is 0 Å². The van der Waals surface area contributed by atoms with Crippen LogP contribution in [0.15, 0.2) is 29.2 Å². The first-order chi connectivity index (χ1) is 6.61. The molecule has 0 aliphatic carbocycles. The quantitative estimate of drug-likeness (QED) is 0.437. The van der Waals surface area contributed by atoms with E-state index < -0.39 is 6.04 Å². The van der Waals surface area contributed by atoms with E-state index in [4.69, 9.17) is 0 Å². The fourth-order valence-corrected chi connectivity index (χ4v) is 2.00. The summed E-state index contributed by atoms with van der Waals surface area (Å²) in [6.45, 7) is 3.64. The lowest BCUT2D eigenvalue weighted by Gasteiger charge is -2.05. The predicted molar refractivity (Wildman–Crippen MR) is 58.4 cm³/mol. The zero-order valence-electron chi connectivity index (χ0n) is 8.27. The third-order valence-corrected chi connectivity index (χ3v) is 3.35. The molecule has 1 aromatic carbocycles. The Morgan fingerprint density at radius 3 is 2.71 bits per heavy atom. The lowest BCUT2D eigenvalue weighted by molar-refractivity contribution is -0.511. The van der Waals surface area contributed by atoms with Gasteiger partial charge in [0.25, 0.3) is 0 Å². The van der Waals surface area contributed by atoms with Gasteiger partial charge in [-0.3, -0.25) is 10.1 Å². The van der Waals surface area contributed by atoms with E-state index in [-0.39, 0.29) is 4.92 Å². The average Bonchev–Trinajstić information content (AvgIpc) is 2.16. The van der Waals surface area contributed by atoms with Crippen LogP contribution in [0.5, 0.6) is 0 Å². The van der Waals surface area contributed by atoms with Gasteiger partial charge in [0.1, 0.15) is 0 Å². The normalized spacial score (nSPS) is 12.4. The summed E-state index contributed by atoms with van der Waals surface area (Å²) < 4.78 is 0. The summed E-state index contributed by atoms with van der Waals surface area (Å²) in [6.07, 6.45) is 0. The summed E-state index contributed by atoms with van der Waals surface area (Å²) in [5.74, 6) is 0.526. The molecule has 1 atom stereocenters. The highest BCUT2D eigenvalue weighted by atomic mass is 32.2. The first-order valence-corrected chi connectivity index (χ1v) is 5.41. The minimum Gasteiger partial charge on any atom is -0.264 e. The Morgan fingerprint density at radius 1 is 1.50 bits per heavy atom. The smallest absolute Gasteiger partial charge is 0.219 e. The first-order valence-electron chi connectivity index (χ1n) is 4.43. The van der Waals surface area contributed by atoms with Crippen molar-refractivity contribution >= 4 is 11.8 Å². The van der Waals surface area contributed by atoms with Gasteiger partial charge in [-0.25, -0.2) is 0 Å². The SMILES string of the molecule is Cc1ccccc1SCC(C)[N+](=O)[O-]. The highest BCUT2D eigenvalue weighted by Gasteiger charge is 2.13. The first kappa shape index (κ1) is 11.0. The number of hydrogen-bond acceptors (Lipinski definition) is 3. The second kappa shape index (κ2) is 5.00. The zero-order chi connectivity index (χ0) is 10.6. The van der Waals surface area contributed by atoms with E-state index in [1.54, 1.807) is 18.7 Å². The zero-order valence-corrected chi connectivity index (χ0v) is 9.08. The maximum absolute atomic E-state index is 10.4. The molecular formula is C10H13NO2S. The van der Waals surface area contributed by atoms with Gasteiger partial charge < -0.3 is 0 Å². The van der Waals surface area contributed by atoms with Crippen molar-refractivity contribution in [3.05, 3.63) is 39.9 Å². The summed E-state index contributed by atoms with van der Waals surface area (Å²) in [6, 6.07) is 7.44. The van der Waals surface area contributed by atoms with Gasteiger partial charge >= 0.3 is 0 Å². The van der Waals surface area contributed by atoms with Crippen LogP contribution >= 0.6 is 11.8 Å². The summed E-state index contributed by atoms with van der Waals surface area (Å²) >= 11 is 1.54. The van der Waals surface area contributed by atoms with Crippen molar-refractivity contribution in [2.75, 3.05) is 5.75 Å². The van der Waals surface area contributed by atoms with Gasteiger partial charge in [-0.15, -0.1) is 11.8 Å². The molecule has 0 saturated heterocycles. The minimum atomic E-state index is -0.486. The Kier molecular flexibility index (Phi) is 3.95. The molecule has 0 N–H and O–H groups in total. The Balaban J connectivity index is 2.54. The second-order valence-corrected chi connectivity index (χ2v) is 4.27. The Hall–Kier alpha value is -1.03. The molecule has 0 aromatic heterocycles. The highest BCUT2D eigenvalue weighted by Crippen LogP contribution is 2.22. The molecule has 0 aliphatic rings. The standard InChI is InChI=1S/C10H13NO2S/c1-8-5-3-4-6-10(8)14-7-9(2)11(12)13/h3-6,9H,7H2,1-2H3. The average molecular weight is 211 g/mol. The molecule has 0 amide bonds. The Labute approximate surface area is 87.7 Å². The number of thioether (sulfide) groups is 1. The van der Waals surface area contributed by atoms with Crippen LogP contribution in [-0.2, 0) is 0 Å². The third kappa shape index (κ3) is 3.03. The monoisotopic (exact) mass is 211 g/mol. The van der Waals surface area contributed by atoms with E-state index >= 15 is 0 Å². The molecule has 0 spiro atoms. The van der Waals surface area contributed by atoms with Gasteiger partial charge in [0.05, 0.1) is 5.75 Å². The molecule has 0 saturated carbocycles. The van der Waals surface area contributed by atoms with Gasteiger partial charge in [-0.1, -0.05) is 18.2 Å². The van der Waals surface area contributed by atoms with Gasteiger partial charge in [-0.05, 0) is 18.6 Å². The molecule has 1 aromatic rings. The molecule has 0 heterocycles. The molecular weight excluding hydrogens is 198 g/mol. The fraction of sp³-hybridized carbons (Fsp3) is 0.400. The second-order valence-electron chi connectivity index (χ2n) is 3.21. The number of nitro groups is 1. The van der Waals surface area contributed by atoms with Crippen LogP contribution in [0.1, 0.15) is 12.5 Å². The molecule has 76 valence electrons. The lowest BCUT2D eigenvalue weighted by Crippen LogP contribution is -2.17. The number of aryl methyl sites for hydroxylation is 1. The number of hydrogen-bond donors (Lipinski definition) is 0. The van der Waals surface area contributed by atoms with E-state index in [0.29, 0.717) is 5.75 Å². The molecule has 0 aliphatic heterocycles. The van der Waals surface area contributed by atoms with Crippen LogP contribution < -0.4 is 0 Å². The maximum atomic E-state index is 10.4. The molecule has 1 rings (SSSR count). The lowest BCUT2D eigenvalue weighted by atomic mass is 10.2. The highest BCUT2D eigenvalue weighted by molar-refractivity contribution is 7.99. The van der Waals surface area contributed by atoms with Gasteiger partial charge in [0.15, 0.2) is 0 Å².